The summed E-state index contributed by atoms with van der Waals surface area (Å²) in [5, 5.41) is 7.33. The van der Waals surface area contributed by atoms with Crippen LogP contribution in [0.4, 0.5) is 5.69 Å². The molecule has 1 amide bonds. The molecule has 7 heteroatoms. The van der Waals surface area contributed by atoms with Crippen molar-refractivity contribution in [1.29, 1.82) is 0 Å². The van der Waals surface area contributed by atoms with E-state index >= 15 is 0 Å². The van der Waals surface area contributed by atoms with Gasteiger partial charge in [0.15, 0.2) is 18.2 Å². The quantitative estimate of drug-likeness (QED) is 0.369. The van der Waals surface area contributed by atoms with E-state index in [9.17, 15) is 14.4 Å². The van der Waals surface area contributed by atoms with Crippen molar-refractivity contribution in [1.82, 2.24) is 5.16 Å². The first kappa shape index (κ1) is 20.0. The third kappa shape index (κ3) is 4.51. The number of carbonyl (C=O) groups is 3. The summed E-state index contributed by atoms with van der Waals surface area (Å²) in [6.45, 7) is 1.00. The van der Waals surface area contributed by atoms with Crippen LogP contribution < -0.4 is 5.32 Å². The zero-order chi connectivity index (χ0) is 21.8. The SMILES string of the molecule is CC(=O)Nc1ccc(C(=O)COC(=O)c2ccc3noc(-c4ccccc4)c3c2)cc1. The number of benzene rings is 3. The fourth-order valence-electron chi connectivity index (χ4n) is 3.11. The number of carbonyl (C=O) groups excluding carboxylic acids is 3. The second kappa shape index (κ2) is 8.62. The lowest BCUT2D eigenvalue weighted by atomic mass is 10.1. The Kier molecular flexibility index (Phi) is 5.57. The molecule has 0 bridgehead atoms. The highest BCUT2D eigenvalue weighted by Gasteiger charge is 2.16. The number of ether oxygens (including phenoxy) is 1. The maximum atomic E-state index is 12.5. The maximum Gasteiger partial charge on any atom is 0.338 e. The third-order valence-corrected chi connectivity index (χ3v) is 4.61. The number of ketones is 1. The fourth-order valence-corrected chi connectivity index (χ4v) is 3.11. The highest BCUT2D eigenvalue weighted by Crippen LogP contribution is 2.29. The average molecular weight is 414 g/mol. The molecule has 0 spiro atoms. The number of nitrogens with one attached hydrogen (secondary N) is 1. The van der Waals surface area contributed by atoms with Crippen LogP contribution in [0.2, 0.25) is 0 Å². The van der Waals surface area contributed by atoms with Crippen LogP contribution in [-0.2, 0) is 9.53 Å². The number of Topliss-reactive ketones (excluding diaryl/α,β-unsaturated/α-hetero) is 1. The van der Waals surface area contributed by atoms with E-state index < -0.39 is 12.6 Å². The number of anilines is 1. The molecule has 31 heavy (non-hydrogen) atoms. The summed E-state index contributed by atoms with van der Waals surface area (Å²) >= 11 is 0. The van der Waals surface area contributed by atoms with Gasteiger partial charge in [0.2, 0.25) is 5.91 Å². The molecule has 154 valence electrons. The van der Waals surface area contributed by atoms with Gasteiger partial charge < -0.3 is 14.6 Å². The van der Waals surface area contributed by atoms with Gasteiger partial charge in [-0.2, -0.15) is 0 Å². The monoisotopic (exact) mass is 414 g/mol. The van der Waals surface area contributed by atoms with E-state index in [1.54, 1.807) is 42.5 Å². The Labute approximate surface area is 177 Å². The molecular weight excluding hydrogens is 396 g/mol. The summed E-state index contributed by atoms with van der Waals surface area (Å²) in [5.41, 5.74) is 2.71. The van der Waals surface area contributed by atoms with Crippen molar-refractivity contribution in [3.63, 3.8) is 0 Å². The van der Waals surface area contributed by atoms with E-state index in [0.717, 1.165) is 5.56 Å². The van der Waals surface area contributed by atoms with E-state index in [0.29, 0.717) is 33.5 Å². The number of amides is 1. The van der Waals surface area contributed by atoms with E-state index in [4.69, 9.17) is 9.26 Å². The molecule has 0 aliphatic carbocycles. The topological polar surface area (TPSA) is 98.5 Å². The maximum absolute atomic E-state index is 12.5. The van der Waals surface area contributed by atoms with Gasteiger partial charge in [0.25, 0.3) is 0 Å². The Morgan fingerprint density at radius 3 is 2.35 bits per heavy atom. The predicted molar refractivity (Wildman–Crippen MR) is 115 cm³/mol. The number of rotatable bonds is 6. The second-order valence-corrected chi connectivity index (χ2v) is 6.87. The first-order valence-electron chi connectivity index (χ1n) is 9.54. The van der Waals surface area contributed by atoms with Gasteiger partial charge in [-0.25, -0.2) is 4.79 Å². The Bertz CT molecular complexity index is 1260. The number of nitrogens with zero attached hydrogens (tertiary/aromatic N) is 1. The molecule has 4 rings (SSSR count). The van der Waals surface area contributed by atoms with E-state index in [1.807, 2.05) is 30.3 Å². The Balaban J connectivity index is 1.46. The van der Waals surface area contributed by atoms with Crippen molar-refractivity contribution < 1.29 is 23.6 Å². The van der Waals surface area contributed by atoms with E-state index in [-0.39, 0.29) is 11.7 Å². The van der Waals surface area contributed by atoms with Crippen molar-refractivity contribution in [2.24, 2.45) is 0 Å². The Morgan fingerprint density at radius 2 is 1.65 bits per heavy atom. The van der Waals surface area contributed by atoms with Crippen LogP contribution in [0.25, 0.3) is 22.2 Å². The zero-order valence-electron chi connectivity index (χ0n) is 16.6. The van der Waals surface area contributed by atoms with E-state index in [1.165, 1.54) is 6.92 Å². The summed E-state index contributed by atoms with van der Waals surface area (Å²) in [7, 11) is 0. The minimum Gasteiger partial charge on any atom is -0.454 e. The fraction of sp³-hybridized carbons (Fsp3) is 0.0833. The van der Waals surface area contributed by atoms with Crippen molar-refractivity contribution in [3.05, 3.63) is 83.9 Å². The number of fused-ring (bicyclic) bond motifs is 1. The predicted octanol–water partition coefficient (Wildman–Crippen LogP) is 4.49. The minimum absolute atomic E-state index is 0.201. The van der Waals surface area contributed by atoms with Gasteiger partial charge in [-0.1, -0.05) is 35.5 Å². The molecule has 4 aromatic rings. The molecule has 0 atom stereocenters. The number of aromatic nitrogens is 1. The lowest BCUT2D eigenvalue weighted by molar-refractivity contribution is -0.114. The van der Waals surface area contributed by atoms with Crippen molar-refractivity contribution >= 4 is 34.3 Å². The number of hydrogen-bond donors (Lipinski definition) is 1. The zero-order valence-corrected chi connectivity index (χ0v) is 16.6. The smallest absolute Gasteiger partial charge is 0.338 e. The van der Waals surface area contributed by atoms with Crippen molar-refractivity contribution in [2.45, 2.75) is 6.92 Å². The van der Waals surface area contributed by atoms with Crippen LogP contribution in [0.15, 0.2) is 77.3 Å². The van der Waals surface area contributed by atoms with Gasteiger partial charge in [0, 0.05) is 23.7 Å². The lowest BCUT2D eigenvalue weighted by Crippen LogP contribution is -2.14. The first-order valence-corrected chi connectivity index (χ1v) is 9.54. The highest BCUT2D eigenvalue weighted by atomic mass is 16.5. The summed E-state index contributed by atoms with van der Waals surface area (Å²) in [6, 6.07) is 20.7. The molecule has 3 aromatic carbocycles. The van der Waals surface area contributed by atoms with Gasteiger partial charge in [-0.3, -0.25) is 9.59 Å². The first-order chi connectivity index (χ1) is 15.0. The van der Waals surface area contributed by atoms with E-state index in [2.05, 4.69) is 10.5 Å². The van der Waals surface area contributed by atoms with Crippen LogP contribution in [0, 0.1) is 0 Å². The average Bonchev–Trinajstić information content (AvgIpc) is 3.21. The third-order valence-electron chi connectivity index (χ3n) is 4.61. The highest BCUT2D eigenvalue weighted by molar-refractivity contribution is 6.02. The summed E-state index contributed by atoms with van der Waals surface area (Å²) in [4.78, 5) is 35.9. The standard InChI is InChI=1S/C24H18N2O5/c1-15(27)25-19-10-7-16(8-11-19)22(28)14-30-24(29)18-9-12-21-20(13-18)23(31-26-21)17-5-3-2-4-6-17/h2-13H,14H2,1H3,(H,25,27). The molecule has 1 aromatic heterocycles. The molecule has 0 aliphatic heterocycles. The van der Waals surface area contributed by atoms with Gasteiger partial charge in [-0.15, -0.1) is 0 Å². The molecule has 1 N–H and O–H groups in total. The lowest BCUT2D eigenvalue weighted by Gasteiger charge is -2.06. The van der Waals surface area contributed by atoms with Gasteiger partial charge in [-0.05, 0) is 42.5 Å². The van der Waals surface area contributed by atoms with Crippen LogP contribution in [-0.4, -0.2) is 29.4 Å². The molecule has 0 radical (unpaired) electrons. The van der Waals surface area contributed by atoms with Crippen LogP contribution in [0.5, 0.6) is 0 Å². The number of hydrogen-bond acceptors (Lipinski definition) is 6. The normalized spacial score (nSPS) is 10.6. The summed E-state index contributed by atoms with van der Waals surface area (Å²) in [6.07, 6.45) is 0. The molecule has 0 saturated heterocycles. The molecule has 1 heterocycles. The second-order valence-electron chi connectivity index (χ2n) is 6.87. The minimum atomic E-state index is -0.620. The van der Waals surface area contributed by atoms with Crippen molar-refractivity contribution in [3.8, 4) is 11.3 Å². The van der Waals surface area contributed by atoms with Crippen molar-refractivity contribution in [2.75, 3.05) is 11.9 Å². The molecule has 0 saturated carbocycles. The molecule has 0 unspecified atom stereocenters. The number of esters is 1. The van der Waals surface area contributed by atoms with Crippen LogP contribution in [0.3, 0.4) is 0 Å². The Morgan fingerprint density at radius 1 is 0.935 bits per heavy atom. The van der Waals surface area contributed by atoms with Gasteiger partial charge in [0.1, 0.15) is 5.52 Å². The molecular formula is C24H18N2O5. The molecule has 7 nitrogen and oxygen atoms in total. The molecule has 0 aliphatic rings. The summed E-state index contributed by atoms with van der Waals surface area (Å²) in [5.74, 6) is -0.613. The van der Waals surface area contributed by atoms with Gasteiger partial charge in [0.05, 0.1) is 10.9 Å². The van der Waals surface area contributed by atoms with Gasteiger partial charge >= 0.3 is 5.97 Å². The molecule has 0 fully saturated rings. The Hall–Kier alpha value is -4.26. The summed E-state index contributed by atoms with van der Waals surface area (Å²) < 4.78 is 10.6. The van der Waals surface area contributed by atoms with Crippen LogP contribution >= 0.6 is 0 Å². The largest absolute Gasteiger partial charge is 0.454 e. The van der Waals surface area contributed by atoms with Crippen LogP contribution in [0.1, 0.15) is 27.6 Å².